The SMILES string of the molecule is CCc1cccc(C(=O)Nc2ccc(OCc3ccc(CC(C)C)cc3)cc2)c1OCCCC#N. The van der Waals surface area contributed by atoms with E-state index in [0.717, 1.165) is 29.7 Å². The summed E-state index contributed by atoms with van der Waals surface area (Å²) in [5, 5.41) is 11.7. The normalized spacial score (nSPS) is 10.6. The first-order valence-corrected chi connectivity index (χ1v) is 12.2. The fourth-order valence-electron chi connectivity index (χ4n) is 3.78. The minimum Gasteiger partial charge on any atom is -0.492 e. The lowest BCUT2D eigenvalue weighted by molar-refractivity contribution is 0.102. The summed E-state index contributed by atoms with van der Waals surface area (Å²) in [6, 6.07) is 23.6. The topological polar surface area (TPSA) is 71.3 Å². The number of carbonyl (C=O) groups excluding carboxylic acids is 1. The van der Waals surface area contributed by atoms with Gasteiger partial charge in [0.05, 0.1) is 18.2 Å². The highest BCUT2D eigenvalue weighted by molar-refractivity contribution is 6.06. The Bertz CT molecular complexity index is 1130. The number of nitriles is 1. The predicted octanol–water partition coefficient (Wildman–Crippen LogP) is 6.96. The molecule has 0 aliphatic rings. The second-order valence-electron chi connectivity index (χ2n) is 8.94. The Morgan fingerprint density at radius 2 is 1.69 bits per heavy atom. The standard InChI is InChI=1S/C30H34N2O3/c1-4-25-8-7-9-28(29(25)34-19-6-5-18-31)30(33)32-26-14-16-27(17-15-26)35-21-24-12-10-23(11-13-24)20-22(2)3/h7-17,22H,4-6,19-21H2,1-3H3,(H,32,33). The predicted molar refractivity (Wildman–Crippen MR) is 140 cm³/mol. The molecule has 1 amide bonds. The summed E-state index contributed by atoms with van der Waals surface area (Å²) in [6.07, 6.45) is 2.87. The molecule has 5 heteroatoms. The van der Waals surface area contributed by atoms with Gasteiger partial charge in [-0.15, -0.1) is 0 Å². The molecule has 1 N–H and O–H groups in total. The molecule has 0 saturated heterocycles. The highest BCUT2D eigenvalue weighted by Crippen LogP contribution is 2.27. The van der Waals surface area contributed by atoms with Crippen LogP contribution in [0, 0.1) is 17.2 Å². The summed E-state index contributed by atoms with van der Waals surface area (Å²) in [4.78, 5) is 13.0. The molecule has 3 aromatic rings. The minimum absolute atomic E-state index is 0.231. The first-order chi connectivity index (χ1) is 17.0. The lowest BCUT2D eigenvalue weighted by Gasteiger charge is -2.15. The average Bonchev–Trinajstić information content (AvgIpc) is 2.86. The van der Waals surface area contributed by atoms with Gasteiger partial charge in [0.15, 0.2) is 0 Å². The maximum atomic E-state index is 13.0. The Morgan fingerprint density at radius 1 is 0.971 bits per heavy atom. The van der Waals surface area contributed by atoms with E-state index < -0.39 is 0 Å². The van der Waals surface area contributed by atoms with Crippen LogP contribution in [0.15, 0.2) is 66.7 Å². The van der Waals surface area contributed by atoms with Crippen molar-refractivity contribution in [3.05, 3.63) is 89.0 Å². The molecule has 0 heterocycles. The number of amides is 1. The van der Waals surface area contributed by atoms with Crippen LogP contribution in [0.25, 0.3) is 0 Å². The Kier molecular flexibility index (Phi) is 9.74. The zero-order valence-corrected chi connectivity index (χ0v) is 20.8. The van der Waals surface area contributed by atoms with Crippen LogP contribution < -0.4 is 14.8 Å². The number of aryl methyl sites for hydroxylation is 1. The fourth-order valence-corrected chi connectivity index (χ4v) is 3.78. The molecule has 0 aromatic heterocycles. The van der Waals surface area contributed by atoms with E-state index in [-0.39, 0.29) is 5.91 Å². The van der Waals surface area contributed by atoms with Crippen molar-refractivity contribution in [2.45, 2.75) is 53.1 Å². The second kappa shape index (κ2) is 13.2. The summed E-state index contributed by atoms with van der Waals surface area (Å²) in [5.74, 6) is 1.74. The van der Waals surface area contributed by atoms with E-state index in [0.29, 0.717) is 49.0 Å². The fraction of sp³-hybridized carbons (Fsp3) is 0.333. The van der Waals surface area contributed by atoms with Crippen LogP contribution in [-0.4, -0.2) is 12.5 Å². The maximum Gasteiger partial charge on any atom is 0.259 e. The quantitative estimate of drug-likeness (QED) is 0.290. The monoisotopic (exact) mass is 470 g/mol. The molecule has 0 radical (unpaired) electrons. The molecule has 35 heavy (non-hydrogen) atoms. The van der Waals surface area contributed by atoms with Gasteiger partial charge >= 0.3 is 0 Å². The Morgan fingerprint density at radius 3 is 2.34 bits per heavy atom. The number of nitrogens with zero attached hydrogens (tertiary/aromatic N) is 1. The van der Waals surface area contributed by atoms with Gasteiger partial charge in [-0.3, -0.25) is 4.79 Å². The average molecular weight is 471 g/mol. The number of hydrogen-bond acceptors (Lipinski definition) is 4. The molecule has 3 rings (SSSR count). The van der Waals surface area contributed by atoms with Crippen LogP contribution in [0.3, 0.4) is 0 Å². The molecule has 0 atom stereocenters. The molecule has 0 aliphatic carbocycles. The van der Waals surface area contributed by atoms with Crippen molar-refractivity contribution in [3.63, 3.8) is 0 Å². The van der Waals surface area contributed by atoms with Gasteiger partial charge in [0.2, 0.25) is 0 Å². The smallest absolute Gasteiger partial charge is 0.259 e. The first kappa shape index (κ1) is 25.8. The van der Waals surface area contributed by atoms with Crippen molar-refractivity contribution in [2.75, 3.05) is 11.9 Å². The lowest BCUT2D eigenvalue weighted by Crippen LogP contribution is -2.15. The van der Waals surface area contributed by atoms with Crippen molar-refractivity contribution in [1.29, 1.82) is 5.26 Å². The maximum absolute atomic E-state index is 13.0. The van der Waals surface area contributed by atoms with Gasteiger partial charge in [-0.25, -0.2) is 0 Å². The molecule has 0 fully saturated rings. The zero-order valence-electron chi connectivity index (χ0n) is 20.8. The number of ether oxygens (including phenoxy) is 2. The third kappa shape index (κ3) is 7.89. The third-order valence-corrected chi connectivity index (χ3v) is 5.59. The van der Waals surface area contributed by atoms with Crippen molar-refractivity contribution < 1.29 is 14.3 Å². The van der Waals surface area contributed by atoms with E-state index in [9.17, 15) is 4.79 Å². The minimum atomic E-state index is -0.231. The number of unbranched alkanes of at least 4 members (excludes halogenated alkanes) is 1. The van der Waals surface area contributed by atoms with Gasteiger partial charge in [-0.05, 0) is 72.2 Å². The van der Waals surface area contributed by atoms with Crippen LogP contribution in [0.2, 0.25) is 0 Å². The number of anilines is 1. The Hall–Kier alpha value is -3.78. The number of carbonyl (C=O) groups is 1. The number of benzene rings is 3. The zero-order chi connectivity index (χ0) is 25.0. The van der Waals surface area contributed by atoms with E-state index >= 15 is 0 Å². The summed E-state index contributed by atoms with van der Waals surface area (Å²) in [5.41, 5.74) is 4.59. The molecular weight excluding hydrogens is 436 g/mol. The van der Waals surface area contributed by atoms with E-state index in [1.54, 1.807) is 6.07 Å². The summed E-state index contributed by atoms with van der Waals surface area (Å²) >= 11 is 0. The van der Waals surface area contributed by atoms with Crippen LogP contribution in [0.4, 0.5) is 5.69 Å². The van der Waals surface area contributed by atoms with Crippen LogP contribution in [-0.2, 0) is 19.4 Å². The highest BCUT2D eigenvalue weighted by Gasteiger charge is 2.16. The molecule has 0 bridgehead atoms. The third-order valence-electron chi connectivity index (χ3n) is 5.59. The van der Waals surface area contributed by atoms with Gasteiger partial charge in [0, 0.05) is 12.1 Å². The highest BCUT2D eigenvalue weighted by atomic mass is 16.5. The summed E-state index contributed by atoms with van der Waals surface area (Å²) in [6.45, 7) is 7.35. The van der Waals surface area contributed by atoms with Gasteiger partial charge in [-0.2, -0.15) is 5.26 Å². The molecule has 0 saturated carbocycles. The van der Waals surface area contributed by atoms with Crippen LogP contribution >= 0.6 is 0 Å². The van der Waals surface area contributed by atoms with Crippen molar-refractivity contribution in [3.8, 4) is 17.6 Å². The number of nitrogens with one attached hydrogen (secondary N) is 1. The van der Waals surface area contributed by atoms with Crippen LogP contribution in [0.1, 0.15) is 60.7 Å². The van der Waals surface area contributed by atoms with Crippen molar-refractivity contribution >= 4 is 11.6 Å². The lowest BCUT2D eigenvalue weighted by atomic mass is 10.0. The Balaban J connectivity index is 1.59. The van der Waals surface area contributed by atoms with E-state index in [1.807, 2.05) is 43.3 Å². The Labute approximate surface area is 208 Å². The number of hydrogen-bond donors (Lipinski definition) is 1. The van der Waals surface area contributed by atoms with Gasteiger partial charge in [0.25, 0.3) is 5.91 Å². The largest absolute Gasteiger partial charge is 0.492 e. The molecule has 0 unspecified atom stereocenters. The summed E-state index contributed by atoms with van der Waals surface area (Å²) < 4.78 is 11.8. The molecule has 5 nitrogen and oxygen atoms in total. The van der Waals surface area contributed by atoms with Gasteiger partial charge < -0.3 is 14.8 Å². The van der Waals surface area contributed by atoms with E-state index in [4.69, 9.17) is 14.7 Å². The van der Waals surface area contributed by atoms with E-state index in [2.05, 4.69) is 49.5 Å². The number of para-hydroxylation sites is 1. The van der Waals surface area contributed by atoms with E-state index in [1.165, 1.54) is 5.56 Å². The van der Waals surface area contributed by atoms with Crippen molar-refractivity contribution in [1.82, 2.24) is 0 Å². The summed E-state index contributed by atoms with van der Waals surface area (Å²) in [7, 11) is 0. The molecule has 182 valence electrons. The second-order valence-corrected chi connectivity index (χ2v) is 8.94. The number of rotatable bonds is 12. The van der Waals surface area contributed by atoms with Gasteiger partial charge in [0.1, 0.15) is 18.1 Å². The molecule has 0 aliphatic heterocycles. The molecular formula is C30H34N2O3. The first-order valence-electron chi connectivity index (χ1n) is 12.2. The molecule has 3 aromatic carbocycles. The molecule has 0 spiro atoms. The van der Waals surface area contributed by atoms with Gasteiger partial charge in [-0.1, -0.05) is 57.2 Å². The van der Waals surface area contributed by atoms with Crippen molar-refractivity contribution in [2.24, 2.45) is 5.92 Å². The van der Waals surface area contributed by atoms with Crippen LogP contribution in [0.5, 0.6) is 11.5 Å².